The molecular weight excluding hydrogens is 368 g/mol. The van der Waals surface area contributed by atoms with E-state index in [9.17, 15) is 15.2 Å². The van der Waals surface area contributed by atoms with Gasteiger partial charge in [0.2, 0.25) is 0 Å². The normalized spacial score (nSPS) is 22.0. The number of anilines is 1. The summed E-state index contributed by atoms with van der Waals surface area (Å²) in [5, 5.41) is 28.0. The Labute approximate surface area is 167 Å². The summed E-state index contributed by atoms with van der Waals surface area (Å²) in [6.07, 6.45) is 4.90. The van der Waals surface area contributed by atoms with Crippen LogP contribution in [0.25, 0.3) is 10.8 Å². The number of aromatic hydroxyl groups is 1. The molecule has 0 amide bonds. The number of nitro groups is 1. The van der Waals surface area contributed by atoms with Crippen LogP contribution in [0, 0.1) is 16.0 Å². The Morgan fingerprint density at radius 1 is 1.14 bits per heavy atom. The number of rotatable bonds is 3. The molecule has 0 fully saturated rings. The standard InChI is InChI=1S/C23H20N2O4/c1-29-19-12-10-17(25(27)28)20-15-7-4-8-16(15)22(24-23(19)20)21-14-6-3-2-5-13(14)9-11-18(21)26/h2-7,9-12,15-16,22,24,26H,8H2,1H3. The number of benzene rings is 3. The summed E-state index contributed by atoms with van der Waals surface area (Å²) in [5.74, 6) is 0.726. The first-order valence-corrected chi connectivity index (χ1v) is 9.59. The van der Waals surface area contributed by atoms with Crippen LogP contribution in [0.15, 0.2) is 60.7 Å². The molecule has 3 unspecified atom stereocenters. The number of phenols is 1. The maximum absolute atomic E-state index is 11.7. The highest BCUT2D eigenvalue weighted by molar-refractivity contribution is 5.89. The van der Waals surface area contributed by atoms with Gasteiger partial charge in [-0.15, -0.1) is 0 Å². The third-order valence-corrected chi connectivity index (χ3v) is 6.13. The summed E-state index contributed by atoms with van der Waals surface area (Å²) in [7, 11) is 1.56. The van der Waals surface area contributed by atoms with Crippen molar-refractivity contribution in [1.82, 2.24) is 0 Å². The Morgan fingerprint density at radius 3 is 2.76 bits per heavy atom. The first-order chi connectivity index (χ1) is 14.1. The number of ether oxygens (including phenoxy) is 1. The number of nitrogens with zero attached hydrogens (tertiary/aromatic N) is 1. The topological polar surface area (TPSA) is 84.6 Å². The Morgan fingerprint density at radius 2 is 1.97 bits per heavy atom. The van der Waals surface area contributed by atoms with Crippen molar-refractivity contribution in [2.75, 3.05) is 12.4 Å². The van der Waals surface area contributed by atoms with Gasteiger partial charge < -0.3 is 15.2 Å². The zero-order valence-corrected chi connectivity index (χ0v) is 15.8. The minimum Gasteiger partial charge on any atom is -0.508 e. The fourth-order valence-corrected chi connectivity index (χ4v) is 4.89. The molecule has 1 aliphatic heterocycles. The van der Waals surface area contributed by atoms with E-state index < -0.39 is 0 Å². The number of hydrogen-bond acceptors (Lipinski definition) is 5. The molecule has 1 aliphatic carbocycles. The molecule has 0 bridgehead atoms. The Bertz CT molecular complexity index is 1170. The summed E-state index contributed by atoms with van der Waals surface area (Å²) in [5.41, 5.74) is 2.20. The fraction of sp³-hybridized carbons (Fsp3) is 0.217. The summed E-state index contributed by atoms with van der Waals surface area (Å²) in [6, 6.07) is 14.5. The fourth-order valence-electron chi connectivity index (χ4n) is 4.89. The van der Waals surface area contributed by atoms with Crippen molar-refractivity contribution in [1.29, 1.82) is 0 Å². The molecule has 6 nitrogen and oxygen atoms in total. The van der Waals surface area contributed by atoms with Crippen LogP contribution in [-0.2, 0) is 0 Å². The minimum absolute atomic E-state index is 0.0602. The lowest BCUT2D eigenvalue weighted by Gasteiger charge is -2.38. The molecule has 1 heterocycles. The van der Waals surface area contributed by atoms with E-state index in [1.165, 1.54) is 6.07 Å². The lowest BCUT2D eigenvalue weighted by Crippen LogP contribution is -2.30. The second-order valence-electron chi connectivity index (χ2n) is 7.53. The van der Waals surface area contributed by atoms with Crippen molar-refractivity contribution in [2.24, 2.45) is 5.92 Å². The zero-order valence-electron chi connectivity index (χ0n) is 15.8. The molecule has 0 saturated carbocycles. The molecule has 2 aliphatic rings. The maximum atomic E-state index is 11.7. The van der Waals surface area contributed by atoms with Gasteiger partial charge >= 0.3 is 0 Å². The Hall–Kier alpha value is -3.54. The predicted octanol–water partition coefficient (Wildman–Crippen LogP) is 5.29. The number of nitro benzene ring substituents is 1. The highest BCUT2D eigenvalue weighted by Crippen LogP contribution is 2.56. The van der Waals surface area contributed by atoms with Crippen LogP contribution >= 0.6 is 0 Å². The maximum Gasteiger partial charge on any atom is 0.275 e. The van der Waals surface area contributed by atoms with Crippen LogP contribution in [0.2, 0.25) is 0 Å². The molecule has 0 aromatic heterocycles. The summed E-state index contributed by atoms with van der Waals surface area (Å²) >= 11 is 0. The van der Waals surface area contributed by atoms with Gasteiger partial charge in [0, 0.05) is 17.5 Å². The highest BCUT2D eigenvalue weighted by atomic mass is 16.6. The van der Waals surface area contributed by atoms with E-state index in [-0.39, 0.29) is 34.2 Å². The van der Waals surface area contributed by atoms with Crippen molar-refractivity contribution in [3.8, 4) is 11.5 Å². The van der Waals surface area contributed by atoms with Gasteiger partial charge in [-0.2, -0.15) is 0 Å². The van der Waals surface area contributed by atoms with E-state index in [4.69, 9.17) is 4.74 Å². The van der Waals surface area contributed by atoms with Gasteiger partial charge in [-0.1, -0.05) is 42.5 Å². The number of methoxy groups -OCH3 is 1. The molecule has 5 rings (SSSR count). The van der Waals surface area contributed by atoms with Crippen molar-refractivity contribution < 1.29 is 14.8 Å². The molecule has 3 atom stereocenters. The molecule has 146 valence electrons. The van der Waals surface area contributed by atoms with Crippen molar-refractivity contribution in [3.63, 3.8) is 0 Å². The van der Waals surface area contributed by atoms with E-state index in [0.29, 0.717) is 17.0 Å². The molecule has 0 spiro atoms. The smallest absolute Gasteiger partial charge is 0.275 e. The lowest BCUT2D eigenvalue weighted by atomic mass is 9.75. The molecule has 3 aromatic carbocycles. The minimum atomic E-state index is -0.334. The molecule has 0 saturated heterocycles. The number of nitrogens with one attached hydrogen (secondary N) is 1. The van der Waals surface area contributed by atoms with E-state index in [0.717, 1.165) is 22.8 Å². The van der Waals surface area contributed by atoms with Gasteiger partial charge in [-0.25, -0.2) is 0 Å². The molecule has 0 radical (unpaired) electrons. The van der Waals surface area contributed by atoms with Gasteiger partial charge in [0.15, 0.2) is 0 Å². The van der Waals surface area contributed by atoms with Crippen LogP contribution in [0.1, 0.15) is 29.5 Å². The highest BCUT2D eigenvalue weighted by Gasteiger charge is 2.44. The van der Waals surface area contributed by atoms with Crippen LogP contribution < -0.4 is 10.1 Å². The third-order valence-electron chi connectivity index (χ3n) is 6.13. The number of allylic oxidation sites excluding steroid dienone is 2. The predicted molar refractivity (Wildman–Crippen MR) is 112 cm³/mol. The summed E-state index contributed by atoms with van der Waals surface area (Å²) in [6.45, 7) is 0. The van der Waals surface area contributed by atoms with Gasteiger partial charge in [-0.3, -0.25) is 10.1 Å². The van der Waals surface area contributed by atoms with Gasteiger partial charge in [0.1, 0.15) is 11.5 Å². The number of phenolic OH excluding ortho intramolecular Hbond substituents is 1. The van der Waals surface area contributed by atoms with Crippen molar-refractivity contribution >= 4 is 22.1 Å². The molecule has 2 N–H and O–H groups in total. The van der Waals surface area contributed by atoms with Crippen LogP contribution in [0.4, 0.5) is 11.4 Å². The molecule has 6 heteroatoms. The summed E-state index contributed by atoms with van der Waals surface area (Å²) in [4.78, 5) is 11.4. The second-order valence-corrected chi connectivity index (χ2v) is 7.53. The molecular formula is C23H20N2O4. The van der Waals surface area contributed by atoms with Gasteiger partial charge in [0.25, 0.3) is 5.69 Å². The largest absolute Gasteiger partial charge is 0.508 e. The third kappa shape index (κ3) is 2.56. The number of hydrogen-bond donors (Lipinski definition) is 2. The van der Waals surface area contributed by atoms with E-state index in [1.54, 1.807) is 19.2 Å². The quantitative estimate of drug-likeness (QED) is 0.362. The van der Waals surface area contributed by atoms with Gasteiger partial charge in [-0.05, 0) is 35.2 Å². The monoisotopic (exact) mass is 388 g/mol. The number of fused-ring (bicyclic) bond motifs is 4. The van der Waals surface area contributed by atoms with Crippen LogP contribution in [0.5, 0.6) is 11.5 Å². The van der Waals surface area contributed by atoms with E-state index >= 15 is 0 Å². The van der Waals surface area contributed by atoms with E-state index in [1.807, 2.05) is 36.4 Å². The van der Waals surface area contributed by atoms with Crippen molar-refractivity contribution in [3.05, 3.63) is 81.9 Å². The van der Waals surface area contributed by atoms with E-state index in [2.05, 4.69) is 11.4 Å². The molecule has 3 aromatic rings. The van der Waals surface area contributed by atoms with Crippen LogP contribution in [0.3, 0.4) is 0 Å². The average Bonchev–Trinajstić information content (AvgIpc) is 3.22. The lowest BCUT2D eigenvalue weighted by molar-refractivity contribution is -0.385. The second kappa shape index (κ2) is 6.51. The Kier molecular flexibility index (Phi) is 3.94. The zero-order chi connectivity index (χ0) is 20.1. The van der Waals surface area contributed by atoms with Crippen LogP contribution in [-0.4, -0.2) is 17.1 Å². The first kappa shape index (κ1) is 17.6. The van der Waals surface area contributed by atoms with Gasteiger partial charge in [0.05, 0.1) is 29.3 Å². The Balaban J connectivity index is 1.76. The molecule has 29 heavy (non-hydrogen) atoms. The SMILES string of the molecule is COc1ccc([N+](=O)[O-])c2c1NC(c1c(O)ccc3ccccc13)C1CC=CC21. The summed E-state index contributed by atoms with van der Waals surface area (Å²) < 4.78 is 5.53. The first-order valence-electron chi connectivity index (χ1n) is 9.59. The van der Waals surface area contributed by atoms with Crippen molar-refractivity contribution in [2.45, 2.75) is 18.4 Å². The average molecular weight is 388 g/mol.